The summed E-state index contributed by atoms with van der Waals surface area (Å²) < 4.78 is 11.2. The lowest BCUT2D eigenvalue weighted by atomic mass is 9.98. The fourth-order valence-corrected chi connectivity index (χ4v) is 2.39. The molecule has 102 valence electrons. The van der Waals surface area contributed by atoms with E-state index in [0.29, 0.717) is 13.2 Å². The van der Waals surface area contributed by atoms with Crippen molar-refractivity contribution in [2.24, 2.45) is 0 Å². The molecule has 0 saturated carbocycles. The maximum absolute atomic E-state index is 11.3. The van der Waals surface area contributed by atoms with Gasteiger partial charge in [-0.05, 0) is 18.1 Å². The number of carbonyl (C=O) groups is 1. The SMILES string of the molecule is CC(=O)c1ccc(-c2ccccc2C2OCCO2)cc1. The molecule has 2 aromatic rings. The highest BCUT2D eigenvalue weighted by Crippen LogP contribution is 2.32. The molecule has 1 aliphatic heterocycles. The first-order valence-electron chi connectivity index (χ1n) is 6.69. The van der Waals surface area contributed by atoms with Gasteiger partial charge in [-0.1, -0.05) is 48.5 Å². The zero-order chi connectivity index (χ0) is 13.9. The molecule has 0 aliphatic carbocycles. The van der Waals surface area contributed by atoms with Crippen molar-refractivity contribution in [2.75, 3.05) is 13.2 Å². The van der Waals surface area contributed by atoms with Gasteiger partial charge in [0.15, 0.2) is 12.1 Å². The zero-order valence-electron chi connectivity index (χ0n) is 11.3. The molecule has 0 bridgehead atoms. The summed E-state index contributed by atoms with van der Waals surface area (Å²) in [4.78, 5) is 11.3. The molecule has 0 spiro atoms. The van der Waals surface area contributed by atoms with Crippen LogP contribution in [0.5, 0.6) is 0 Å². The van der Waals surface area contributed by atoms with Crippen LogP contribution in [0, 0.1) is 0 Å². The smallest absolute Gasteiger partial charge is 0.184 e. The lowest BCUT2D eigenvalue weighted by molar-refractivity contribution is -0.0436. The van der Waals surface area contributed by atoms with Crippen LogP contribution in [0.4, 0.5) is 0 Å². The average Bonchev–Trinajstić information content (AvgIpc) is 3.01. The van der Waals surface area contributed by atoms with Crippen LogP contribution in [-0.4, -0.2) is 19.0 Å². The van der Waals surface area contributed by atoms with Crippen molar-refractivity contribution in [1.29, 1.82) is 0 Å². The van der Waals surface area contributed by atoms with Gasteiger partial charge in [0.05, 0.1) is 13.2 Å². The zero-order valence-corrected chi connectivity index (χ0v) is 11.3. The first kappa shape index (κ1) is 13.0. The summed E-state index contributed by atoms with van der Waals surface area (Å²) in [6, 6.07) is 15.7. The normalized spacial score (nSPS) is 15.4. The lowest BCUT2D eigenvalue weighted by Crippen LogP contribution is -2.00. The predicted octanol–water partition coefficient (Wildman–Crippen LogP) is 3.60. The maximum atomic E-state index is 11.3. The van der Waals surface area contributed by atoms with Gasteiger partial charge >= 0.3 is 0 Å². The Morgan fingerprint density at radius 3 is 2.30 bits per heavy atom. The van der Waals surface area contributed by atoms with E-state index >= 15 is 0 Å². The quantitative estimate of drug-likeness (QED) is 0.798. The fraction of sp³-hybridized carbons (Fsp3) is 0.235. The molecular formula is C17H16O3. The highest BCUT2D eigenvalue weighted by atomic mass is 16.7. The van der Waals surface area contributed by atoms with Gasteiger partial charge in [-0.2, -0.15) is 0 Å². The summed E-state index contributed by atoms with van der Waals surface area (Å²) in [7, 11) is 0. The molecule has 1 heterocycles. The molecule has 0 atom stereocenters. The van der Waals surface area contributed by atoms with Crippen LogP contribution in [0.15, 0.2) is 48.5 Å². The van der Waals surface area contributed by atoms with Crippen LogP contribution in [0.2, 0.25) is 0 Å². The van der Waals surface area contributed by atoms with E-state index in [0.717, 1.165) is 22.3 Å². The number of benzene rings is 2. The Labute approximate surface area is 118 Å². The number of carbonyl (C=O) groups excluding carboxylic acids is 1. The monoisotopic (exact) mass is 268 g/mol. The van der Waals surface area contributed by atoms with E-state index in [-0.39, 0.29) is 12.1 Å². The van der Waals surface area contributed by atoms with E-state index in [9.17, 15) is 4.79 Å². The summed E-state index contributed by atoms with van der Waals surface area (Å²) in [5.41, 5.74) is 3.89. The molecule has 20 heavy (non-hydrogen) atoms. The molecule has 1 aliphatic rings. The minimum Gasteiger partial charge on any atom is -0.346 e. The largest absolute Gasteiger partial charge is 0.346 e. The second-order valence-corrected chi connectivity index (χ2v) is 4.79. The Hall–Kier alpha value is -1.97. The summed E-state index contributed by atoms with van der Waals surface area (Å²) in [5, 5.41) is 0. The average molecular weight is 268 g/mol. The van der Waals surface area contributed by atoms with Gasteiger partial charge in [0.25, 0.3) is 0 Å². The summed E-state index contributed by atoms with van der Waals surface area (Å²) in [6.45, 7) is 2.83. The Balaban J connectivity index is 1.98. The maximum Gasteiger partial charge on any atom is 0.184 e. The Morgan fingerprint density at radius 1 is 1.00 bits per heavy atom. The van der Waals surface area contributed by atoms with Crippen molar-refractivity contribution in [3.63, 3.8) is 0 Å². The van der Waals surface area contributed by atoms with E-state index in [4.69, 9.17) is 9.47 Å². The molecule has 2 aromatic carbocycles. The fourth-order valence-electron chi connectivity index (χ4n) is 2.39. The van der Waals surface area contributed by atoms with Crippen molar-refractivity contribution >= 4 is 5.78 Å². The molecule has 0 unspecified atom stereocenters. The summed E-state index contributed by atoms with van der Waals surface area (Å²) in [5.74, 6) is 0.0762. The highest BCUT2D eigenvalue weighted by molar-refractivity contribution is 5.94. The Kier molecular flexibility index (Phi) is 3.63. The molecule has 3 heteroatoms. The molecule has 3 nitrogen and oxygen atoms in total. The van der Waals surface area contributed by atoms with Gasteiger partial charge in [-0.15, -0.1) is 0 Å². The third-order valence-corrected chi connectivity index (χ3v) is 3.44. The molecule has 0 amide bonds. The molecule has 1 fully saturated rings. The third-order valence-electron chi connectivity index (χ3n) is 3.44. The number of ether oxygens (including phenoxy) is 2. The van der Waals surface area contributed by atoms with Crippen molar-refractivity contribution in [1.82, 2.24) is 0 Å². The topological polar surface area (TPSA) is 35.5 Å². The number of hydrogen-bond acceptors (Lipinski definition) is 3. The van der Waals surface area contributed by atoms with Crippen LogP contribution in [0.1, 0.15) is 29.1 Å². The molecular weight excluding hydrogens is 252 g/mol. The highest BCUT2D eigenvalue weighted by Gasteiger charge is 2.21. The summed E-state index contributed by atoms with van der Waals surface area (Å²) in [6.07, 6.45) is -0.293. The van der Waals surface area contributed by atoms with Gasteiger partial charge in [0, 0.05) is 11.1 Å². The van der Waals surface area contributed by atoms with Crippen LogP contribution in [0.3, 0.4) is 0 Å². The van der Waals surface area contributed by atoms with E-state index in [1.807, 2.05) is 48.5 Å². The number of rotatable bonds is 3. The van der Waals surface area contributed by atoms with E-state index in [2.05, 4.69) is 0 Å². The first-order chi connectivity index (χ1) is 9.75. The van der Waals surface area contributed by atoms with Gasteiger partial charge < -0.3 is 9.47 Å². The second kappa shape index (κ2) is 5.57. The third kappa shape index (κ3) is 2.50. The second-order valence-electron chi connectivity index (χ2n) is 4.79. The predicted molar refractivity (Wildman–Crippen MR) is 76.5 cm³/mol. The van der Waals surface area contributed by atoms with Crippen molar-refractivity contribution < 1.29 is 14.3 Å². The first-order valence-corrected chi connectivity index (χ1v) is 6.69. The minimum absolute atomic E-state index is 0.0762. The van der Waals surface area contributed by atoms with E-state index in [1.54, 1.807) is 6.92 Å². The molecule has 0 aromatic heterocycles. The van der Waals surface area contributed by atoms with Gasteiger partial charge in [-0.3, -0.25) is 4.79 Å². The molecule has 0 radical (unpaired) electrons. The molecule has 3 rings (SSSR count). The summed E-state index contributed by atoms with van der Waals surface area (Å²) >= 11 is 0. The number of ketones is 1. The lowest BCUT2D eigenvalue weighted by Gasteiger charge is -2.14. The van der Waals surface area contributed by atoms with Crippen LogP contribution in [0.25, 0.3) is 11.1 Å². The minimum atomic E-state index is -0.293. The van der Waals surface area contributed by atoms with Crippen LogP contribution >= 0.6 is 0 Å². The van der Waals surface area contributed by atoms with Crippen LogP contribution in [-0.2, 0) is 9.47 Å². The van der Waals surface area contributed by atoms with Crippen molar-refractivity contribution in [3.8, 4) is 11.1 Å². The van der Waals surface area contributed by atoms with Crippen molar-refractivity contribution in [3.05, 3.63) is 59.7 Å². The van der Waals surface area contributed by atoms with Gasteiger partial charge in [-0.25, -0.2) is 0 Å². The standard InChI is InChI=1S/C17H16O3/c1-12(18)13-6-8-14(9-7-13)15-4-2-3-5-16(15)17-19-10-11-20-17/h2-9,17H,10-11H2,1H3. The number of Topliss-reactive ketones (excluding diaryl/α,β-unsaturated/α-hetero) is 1. The van der Waals surface area contributed by atoms with E-state index < -0.39 is 0 Å². The molecule has 1 saturated heterocycles. The Bertz CT molecular complexity index is 610. The van der Waals surface area contributed by atoms with Crippen molar-refractivity contribution in [2.45, 2.75) is 13.2 Å². The molecule has 0 N–H and O–H groups in total. The Morgan fingerprint density at radius 2 is 1.65 bits per heavy atom. The van der Waals surface area contributed by atoms with Gasteiger partial charge in [0.1, 0.15) is 0 Å². The van der Waals surface area contributed by atoms with Gasteiger partial charge in [0.2, 0.25) is 0 Å². The van der Waals surface area contributed by atoms with E-state index in [1.165, 1.54) is 0 Å². The van der Waals surface area contributed by atoms with Crippen LogP contribution < -0.4 is 0 Å². The number of hydrogen-bond donors (Lipinski definition) is 0.